The Kier molecular flexibility index (Phi) is 6.12. The maximum atomic E-state index is 13.1. The van der Waals surface area contributed by atoms with Crippen LogP contribution in [0.25, 0.3) is 10.8 Å². The number of rotatable bonds is 5. The fourth-order valence-corrected chi connectivity index (χ4v) is 4.41. The summed E-state index contributed by atoms with van der Waals surface area (Å²) in [4.78, 5) is 27.7. The van der Waals surface area contributed by atoms with Gasteiger partial charge in [-0.2, -0.15) is 0 Å². The Balaban J connectivity index is 1.47. The van der Waals surface area contributed by atoms with Crippen LogP contribution in [0.15, 0.2) is 72.8 Å². The van der Waals surface area contributed by atoms with Crippen molar-refractivity contribution in [1.82, 2.24) is 10.2 Å². The molecule has 1 heterocycles. The van der Waals surface area contributed by atoms with E-state index in [0.29, 0.717) is 18.5 Å². The first-order valence-corrected chi connectivity index (χ1v) is 10.8. The molecule has 1 saturated heterocycles. The molecule has 0 saturated carbocycles. The summed E-state index contributed by atoms with van der Waals surface area (Å²) in [5, 5.41) is 5.50. The van der Waals surface area contributed by atoms with Crippen LogP contribution < -0.4 is 5.32 Å². The molecule has 3 aromatic rings. The first-order chi connectivity index (χ1) is 14.6. The molecule has 2 amide bonds. The fraction of sp³-hybridized carbons (Fsp3) is 0.308. The fourth-order valence-electron chi connectivity index (χ4n) is 4.41. The van der Waals surface area contributed by atoms with Gasteiger partial charge in [-0.25, -0.2) is 4.79 Å². The first-order valence-electron chi connectivity index (χ1n) is 10.8. The summed E-state index contributed by atoms with van der Waals surface area (Å²) in [6, 6.07) is 23.5. The number of ketones is 1. The average molecular weight is 401 g/mol. The largest absolute Gasteiger partial charge is 0.331 e. The highest BCUT2D eigenvalue weighted by atomic mass is 16.2. The second-order valence-electron chi connectivity index (χ2n) is 8.08. The van der Waals surface area contributed by atoms with Gasteiger partial charge in [-0.3, -0.25) is 4.79 Å². The molecular formula is C26H28N2O2. The molecule has 0 spiro atoms. The second kappa shape index (κ2) is 9.12. The van der Waals surface area contributed by atoms with Crippen molar-refractivity contribution in [2.75, 3.05) is 6.54 Å². The number of carbonyl (C=O) groups excluding carboxylic acids is 2. The predicted octanol–water partition coefficient (Wildman–Crippen LogP) is 5.74. The van der Waals surface area contributed by atoms with Gasteiger partial charge in [0.1, 0.15) is 0 Å². The molecule has 30 heavy (non-hydrogen) atoms. The van der Waals surface area contributed by atoms with E-state index in [-0.39, 0.29) is 23.9 Å². The molecule has 0 bridgehead atoms. The summed E-state index contributed by atoms with van der Waals surface area (Å²) in [6.45, 7) is 2.72. The van der Waals surface area contributed by atoms with Crippen LogP contribution in [0, 0.1) is 0 Å². The molecule has 3 aromatic carbocycles. The van der Waals surface area contributed by atoms with Gasteiger partial charge in [0.15, 0.2) is 5.78 Å². The van der Waals surface area contributed by atoms with Crippen LogP contribution in [0.1, 0.15) is 54.6 Å². The third-order valence-corrected chi connectivity index (χ3v) is 6.03. The third-order valence-electron chi connectivity index (χ3n) is 6.03. The van der Waals surface area contributed by atoms with Gasteiger partial charge < -0.3 is 10.2 Å². The number of nitrogens with one attached hydrogen (secondary N) is 1. The first kappa shape index (κ1) is 20.1. The molecule has 154 valence electrons. The highest BCUT2D eigenvalue weighted by Gasteiger charge is 2.29. The lowest BCUT2D eigenvalue weighted by Crippen LogP contribution is -2.49. The van der Waals surface area contributed by atoms with E-state index in [4.69, 9.17) is 0 Å². The maximum Gasteiger partial charge on any atom is 0.318 e. The monoisotopic (exact) mass is 400 g/mol. The van der Waals surface area contributed by atoms with Gasteiger partial charge in [0.2, 0.25) is 0 Å². The Bertz CT molecular complexity index is 1030. The van der Waals surface area contributed by atoms with Crippen LogP contribution in [0.5, 0.6) is 0 Å². The number of carbonyl (C=O) groups is 2. The Morgan fingerprint density at radius 1 is 0.967 bits per heavy atom. The molecular weight excluding hydrogens is 372 g/mol. The van der Waals surface area contributed by atoms with Crippen LogP contribution in [0.2, 0.25) is 0 Å². The van der Waals surface area contributed by atoms with E-state index in [9.17, 15) is 9.59 Å². The maximum absolute atomic E-state index is 13.1. The molecule has 1 aliphatic heterocycles. The Hall–Kier alpha value is -3.14. The van der Waals surface area contributed by atoms with Gasteiger partial charge in [0.05, 0.1) is 6.04 Å². The summed E-state index contributed by atoms with van der Waals surface area (Å²) in [7, 11) is 0. The minimum atomic E-state index is -0.115. The standard InChI is InChI=1S/C26H28N2O2/c1-19(23-16-9-13-20-10-5-6-15-24(20)23)27-26(30)28-17-8-7-14-22(28)18-25(29)21-11-3-2-4-12-21/h2-6,9-13,15-16,19,22H,7-8,14,17-18H2,1H3,(H,27,30)/t19-,22-/m0/s1. The molecule has 4 heteroatoms. The van der Waals surface area contributed by atoms with Gasteiger partial charge in [0, 0.05) is 24.6 Å². The minimum Gasteiger partial charge on any atom is -0.331 e. The SMILES string of the molecule is C[C@H](NC(=O)N1CCCC[C@H]1CC(=O)c1ccccc1)c1cccc2ccccc12. The van der Waals surface area contributed by atoms with E-state index < -0.39 is 0 Å². The van der Waals surface area contributed by atoms with Gasteiger partial charge in [-0.05, 0) is 42.5 Å². The molecule has 1 aliphatic rings. The molecule has 0 radical (unpaired) electrons. The van der Waals surface area contributed by atoms with Crippen molar-refractivity contribution in [3.8, 4) is 0 Å². The third kappa shape index (κ3) is 4.38. The van der Waals surface area contributed by atoms with Crippen LogP contribution in [0.3, 0.4) is 0 Å². The van der Waals surface area contributed by atoms with Gasteiger partial charge >= 0.3 is 6.03 Å². The topological polar surface area (TPSA) is 49.4 Å². The molecule has 1 N–H and O–H groups in total. The lowest BCUT2D eigenvalue weighted by atomic mass is 9.95. The Morgan fingerprint density at radius 3 is 2.53 bits per heavy atom. The summed E-state index contributed by atoms with van der Waals surface area (Å²) >= 11 is 0. The summed E-state index contributed by atoms with van der Waals surface area (Å²) in [5.74, 6) is 0.0994. The van der Waals surface area contributed by atoms with Gasteiger partial charge in [0.25, 0.3) is 0 Å². The van der Waals surface area contributed by atoms with Crippen molar-refractivity contribution in [3.05, 3.63) is 83.9 Å². The number of hydrogen-bond acceptors (Lipinski definition) is 2. The van der Waals surface area contributed by atoms with E-state index in [0.717, 1.165) is 30.2 Å². The number of fused-ring (bicyclic) bond motifs is 1. The Morgan fingerprint density at radius 2 is 1.70 bits per heavy atom. The van der Waals surface area contributed by atoms with Crippen molar-refractivity contribution in [2.24, 2.45) is 0 Å². The number of benzene rings is 3. The van der Waals surface area contributed by atoms with Gasteiger partial charge in [-0.15, -0.1) is 0 Å². The van der Waals surface area contributed by atoms with Crippen LogP contribution in [-0.4, -0.2) is 29.3 Å². The highest BCUT2D eigenvalue weighted by molar-refractivity contribution is 5.96. The van der Waals surface area contributed by atoms with E-state index in [1.165, 1.54) is 5.39 Å². The highest BCUT2D eigenvalue weighted by Crippen LogP contribution is 2.26. The Labute approximate surface area is 177 Å². The van der Waals surface area contributed by atoms with E-state index in [1.807, 2.05) is 60.4 Å². The van der Waals surface area contributed by atoms with Crippen LogP contribution >= 0.6 is 0 Å². The molecule has 4 nitrogen and oxygen atoms in total. The number of amides is 2. The van der Waals surface area contributed by atoms with Crippen molar-refractivity contribution < 1.29 is 9.59 Å². The molecule has 4 rings (SSSR count). The van der Waals surface area contributed by atoms with Crippen LogP contribution in [-0.2, 0) is 0 Å². The molecule has 0 aliphatic carbocycles. The quantitative estimate of drug-likeness (QED) is 0.555. The molecule has 2 atom stereocenters. The predicted molar refractivity (Wildman–Crippen MR) is 121 cm³/mol. The average Bonchev–Trinajstić information content (AvgIpc) is 2.79. The van der Waals surface area contributed by atoms with Gasteiger partial charge in [-0.1, -0.05) is 72.8 Å². The van der Waals surface area contributed by atoms with Crippen molar-refractivity contribution in [1.29, 1.82) is 0 Å². The second-order valence-corrected chi connectivity index (χ2v) is 8.08. The normalized spacial score (nSPS) is 17.5. The zero-order valence-electron chi connectivity index (χ0n) is 17.4. The smallest absolute Gasteiger partial charge is 0.318 e. The number of piperidine rings is 1. The van der Waals surface area contributed by atoms with Crippen molar-refractivity contribution in [3.63, 3.8) is 0 Å². The summed E-state index contributed by atoms with van der Waals surface area (Å²) < 4.78 is 0. The number of urea groups is 1. The molecule has 1 fully saturated rings. The lowest BCUT2D eigenvalue weighted by molar-refractivity contribution is 0.0906. The van der Waals surface area contributed by atoms with E-state index >= 15 is 0 Å². The summed E-state index contributed by atoms with van der Waals surface area (Å²) in [6.07, 6.45) is 3.27. The lowest BCUT2D eigenvalue weighted by Gasteiger charge is -2.36. The number of nitrogens with zero attached hydrogens (tertiary/aromatic N) is 1. The summed E-state index contributed by atoms with van der Waals surface area (Å²) in [5.41, 5.74) is 1.82. The molecule has 0 aromatic heterocycles. The zero-order valence-corrected chi connectivity index (χ0v) is 17.4. The number of hydrogen-bond donors (Lipinski definition) is 1. The minimum absolute atomic E-state index is 0.0498. The van der Waals surface area contributed by atoms with E-state index in [2.05, 4.69) is 29.6 Å². The molecule has 0 unspecified atom stereocenters. The van der Waals surface area contributed by atoms with Crippen molar-refractivity contribution in [2.45, 2.75) is 44.7 Å². The zero-order chi connectivity index (χ0) is 20.9. The number of Topliss-reactive ketones (excluding diaryl/α,β-unsaturated/α-hetero) is 1. The van der Waals surface area contributed by atoms with Crippen LogP contribution in [0.4, 0.5) is 4.79 Å². The van der Waals surface area contributed by atoms with E-state index in [1.54, 1.807) is 0 Å². The number of likely N-dealkylation sites (tertiary alicyclic amines) is 1. The van der Waals surface area contributed by atoms with Crippen molar-refractivity contribution >= 4 is 22.6 Å².